The van der Waals surface area contributed by atoms with Crippen LogP contribution in [0.15, 0.2) is 15.9 Å². The molecule has 0 saturated carbocycles. The number of halogens is 1. The normalized spacial score (nSPS) is 23.9. The lowest BCUT2D eigenvalue weighted by molar-refractivity contribution is -0.141. The van der Waals surface area contributed by atoms with E-state index in [4.69, 9.17) is 10.2 Å². The van der Waals surface area contributed by atoms with Crippen LogP contribution in [0.3, 0.4) is 0 Å². The van der Waals surface area contributed by atoms with Gasteiger partial charge in [-0.2, -0.15) is 0 Å². The molecule has 1 aliphatic rings. The summed E-state index contributed by atoms with van der Waals surface area (Å²) in [5.74, 6) is -1.10. The van der Waals surface area contributed by atoms with Crippen LogP contribution in [-0.4, -0.2) is 39.8 Å². The Morgan fingerprint density at radius 1 is 1.47 bits per heavy atom. The Morgan fingerprint density at radius 3 is 2.59 bits per heavy atom. The molecule has 1 amide bonds. The van der Waals surface area contributed by atoms with Crippen molar-refractivity contribution in [1.29, 1.82) is 0 Å². The standard InChI is InChI=1S/C10H10BrNO4S/c11-6-2-8(17-4-6)5-1-7(9(13)14)12(3-5)10(15)16/h2,4-5,7H,1,3H2,(H,13,14)(H,15,16)/t5-,7-/m0/s1. The maximum atomic E-state index is 11.0. The number of rotatable bonds is 2. The summed E-state index contributed by atoms with van der Waals surface area (Å²) in [6.07, 6.45) is -0.829. The maximum absolute atomic E-state index is 11.0. The van der Waals surface area contributed by atoms with Gasteiger partial charge in [-0.25, -0.2) is 9.59 Å². The van der Waals surface area contributed by atoms with Gasteiger partial charge in [0.25, 0.3) is 0 Å². The number of carboxylic acid groups (broad SMARTS) is 2. The monoisotopic (exact) mass is 319 g/mol. The Morgan fingerprint density at radius 2 is 2.18 bits per heavy atom. The largest absolute Gasteiger partial charge is 0.480 e. The van der Waals surface area contributed by atoms with Gasteiger partial charge in [-0.15, -0.1) is 11.3 Å². The minimum atomic E-state index is -1.17. The van der Waals surface area contributed by atoms with E-state index in [-0.39, 0.29) is 12.5 Å². The highest BCUT2D eigenvalue weighted by atomic mass is 79.9. The zero-order valence-corrected chi connectivity index (χ0v) is 11.1. The molecule has 7 heteroatoms. The van der Waals surface area contributed by atoms with Crippen molar-refractivity contribution in [2.45, 2.75) is 18.4 Å². The molecule has 1 fully saturated rings. The maximum Gasteiger partial charge on any atom is 0.408 e. The molecular formula is C10H10BrNO4S. The molecule has 2 rings (SSSR count). The highest BCUT2D eigenvalue weighted by Crippen LogP contribution is 2.36. The van der Waals surface area contributed by atoms with E-state index in [0.29, 0.717) is 6.42 Å². The lowest BCUT2D eigenvalue weighted by Gasteiger charge is -2.16. The fourth-order valence-electron chi connectivity index (χ4n) is 2.03. The van der Waals surface area contributed by atoms with Crippen LogP contribution in [-0.2, 0) is 4.79 Å². The first kappa shape index (κ1) is 12.4. The number of likely N-dealkylation sites (tertiary alicyclic amines) is 1. The predicted octanol–water partition coefficient (Wildman–Crippen LogP) is 2.43. The van der Waals surface area contributed by atoms with Crippen molar-refractivity contribution in [3.8, 4) is 0 Å². The zero-order chi connectivity index (χ0) is 12.6. The minimum absolute atomic E-state index is 0.0245. The van der Waals surface area contributed by atoms with Crippen LogP contribution in [0.2, 0.25) is 0 Å². The zero-order valence-electron chi connectivity index (χ0n) is 8.67. The van der Waals surface area contributed by atoms with E-state index in [1.165, 1.54) is 11.3 Å². The highest BCUT2D eigenvalue weighted by Gasteiger charge is 2.40. The number of nitrogens with zero attached hydrogens (tertiary/aromatic N) is 1. The van der Waals surface area contributed by atoms with E-state index in [9.17, 15) is 9.59 Å². The number of aliphatic carboxylic acids is 1. The van der Waals surface area contributed by atoms with Crippen molar-refractivity contribution in [1.82, 2.24) is 4.90 Å². The number of thiophene rings is 1. The van der Waals surface area contributed by atoms with Crippen LogP contribution >= 0.6 is 27.3 Å². The van der Waals surface area contributed by atoms with Gasteiger partial charge in [-0.1, -0.05) is 0 Å². The average molecular weight is 320 g/mol. The molecule has 0 radical (unpaired) electrons. The van der Waals surface area contributed by atoms with Crippen molar-refractivity contribution >= 4 is 39.3 Å². The molecule has 92 valence electrons. The van der Waals surface area contributed by atoms with E-state index in [0.717, 1.165) is 14.2 Å². The fraction of sp³-hybridized carbons (Fsp3) is 0.400. The van der Waals surface area contributed by atoms with Gasteiger partial charge < -0.3 is 10.2 Å². The lowest BCUT2D eigenvalue weighted by atomic mass is 10.0. The Labute approximate surface area is 110 Å². The summed E-state index contributed by atoms with van der Waals surface area (Å²) in [6.45, 7) is 0.249. The topological polar surface area (TPSA) is 77.8 Å². The van der Waals surface area contributed by atoms with Gasteiger partial charge >= 0.3 is 12.1 Å². The number of amides is 1. The van der Waals surface area contributed by atoms with Crippen molar-refractivity contribution in [3.05, 3.63) is 20.8 Å². The van der Waals surface area contributed by atoms with E-state index < -0.39 is 18.1 Å². The second kappa shape index (κ2) is 4.66. The number of carboxylic acids is 1. The molecule has 1 aromatic rings. The molecule has 17 heavy (non-hydrogen) atoms. The molecular weight excluding hydrogens is 310 g/mol. The molecule has 0 spiro atoms. The molecule has 5 nitrogen and oxygen atoms in total. The van der Waals surface area contributed by atoms with Gasteiger partial charge in [0.05, 0.1) is 0 Å². The van der Waals surface area contributed by atoms with Crippen LogP contribution < -0.4 is 0 Å². The second-order valence-electron chi connectivity index (χ2n) is 3.89. The summed E-state index contributed by atoms with van der Waals surface area (Å²) in [5.41, 5.74) is 0. The molecule has 2 heterocycles. The van der Waals surface area contributed by atoms with Gasteiger partial charge in [0.15, 0.2) is 0 Å². The summed E-state index contributed by atoms with van der Waals surface area (Å²) in [4.78, 5) is 24.0. The summed E-state index contributed by atoms with van der Waals surface area (Å²) < 4.78 is 0.943. The van der Waals surface area contributed by atoms with Crippen LogP contribution in [0.25, 0.3) is 0 Å². The minimum Gasteiger partial charge on any atom is -0.480 e. The number of carbonyl (C=O) groups is 2. The third-order valence-electron chi connectivity index (χ3n) is 2.82. The Balaban J connectivity index is 2.19. The summed E-state index contributed by atoms with van der Waals surface area (Å²) in [6, 6.07) is 0.984. The van der Waals surface area contributed by atoms with E-state index >= 15 is 0 Å². The number of hydrogen-bond acceptors (Lipinski definition) is 3. The summed E-state index contributed by atoms with van der Waals surface area (Å²) >= 11 is 4.85. The van der Waals surface area contributed by atoms with Gasteiger partial charge in [0.1, 0.15) is 6.04 Å². The number of hydrogen-bond donors (Lipinski definition) is 2. The molecule has 0 aliphatic carbocycles. The quantitative estimate of drug-likeness (QED) is 0.877. The summed E-state index contributed by atoms with van der Waals surface area (Å²) in [5, 5.41) is 19.9. The molecule has 0 aromatic carbocycles. The molecule has 2 N–H and O–H groups in total. The highest BCUT2D eigenvalue weighted by molar-refractivity contribution is 9.10. The van der Waals surface area contributed by atoms with Crippen LogP contribution in [0.4, 0.5) is 4.79 Å². The SMILES string of the molecule is O=C(O)[C@@H]1C[C@H](c2cc(Br)cs2)CN1C(=O)O. The van der Waals surface area contributed by atoms with Crippen LogP contribution in [0.1, 0.15) is 17.2 Å². The van der Waals surface area contributed by atoms with E-state index in [1.54, 1.807) is 0 Å². The third kappa shape index (κ3) is 2.44. The van der Waals surface area contributed by atoms with E-state index in [1.807, 2.05) is 11.4 Å². The van der Waals surface area contributed by atoms with Crippen molar-refractivity contribution in [3.63, 3.8) is 0 Å². The van der Waals surface area contributed by atoms with Crippen LogP contribution in [0.5, 0.6) is 0 Å². The first-order chi connectivity index (χ1) is 7.99. The Hall–Kier alpha value is -1.08. The molecule has 2 atom stereocenters. The first-order valence-electron chi connectivity index (χ1n) is 4.95. The van der Waals surface area contributed by atoms with E-state index in [2.05, 4.69) is 15.9 Å². The Bertz CT molecular complexity index is 439. The fourth-order valence-corrected chi connectivity index (χ4v) is 3.58. The van der Waals surface area contributed by atoms with Gasteiger partial charge in [0, 0.05) is 27.2 Å². The molecule has 0 unspecified atom stereocenters. The lowest BCUT2D eigenvalue weighted by Crippen LogP contribution is -2.39. The van der Waals surface area contributed by atoms with Gasteiger partial charge in [0.2, 0.25) is 0 Å². The van der Waals surface area contributed by atoms with Crippen molar-refractivity contribution in [2.24, 2.45) is 0 Å². The van der Waals surface area contributed by atoms with Crippen molar-refractivity contribution < 1.29 is 19.8 Å². The average Bonchev–Trinajstić information content (AvgIpc) is 2.82. The van der Waals surface area contributed by atoms with Crippen LogP contribution in [0, 0.1) is 0 Å². The van der Waals surface area contributed by atoms with Crippen molar-refractivity contribution in [2.75, 3.05) is 6.54 Å². The summed E-state index contributed by atoms with van der Waals surface area (Å²) in [7, 11) is 0. The molecule has 1 aliphatic heterocycles. The smallest absolute Gasteiger partial charge is 0.408 e. The van der Waals surface area contributed by atoms with Gasteiger partial charge in [-0.3, -0.25) is 4.90 Å². The first-order valence-corrected chi connectivity index (χ1v) is 6.62. The molecule has 1 saturated heterocycles. The van der Waals surface area contributed by atoms with Gasteiger partial charge in [-0.05, 0) is 28.4 Å². The third-order valence-corrected chi connectivity index (χ3v) is 4.68. The molecule has 0 bridgehead atoms. The predicted molar refractivity (Wildman–Crippen MR) is 65.5 cm³/mol. The second-order valence-corrected chi connectivity index (χ2v) is 5.75. The Kier molecular flexibility index (Phi) is 3.39. The molecule has 1 aromatic heterocycles.